The molecular weight excluding hydrogens is 258 g/mol. The van der Waals surface area contributed by atoms with E-state index in [-0.39, 0.29) is 11.8 Å². The second-order valence-corrected chi connectivity index (χ2v) is 4.97. The highest BCUT2D eigenvalue weighted by atomic mass is 16.5. The van der Waals surface area contributed by atoms with Crippen molar-refractivity contribution in [2.75, 3.05) is 27.3 Å². The topological polar surface area (TPSA) is 67.8 Å². The summed E-state index contributed by atoms with van der Waals surface area (Å²) < 4.78 is 10.1. The Labute approximate surface area is 118 Å². The molecule has 0 bridgehead atoms. The molecule has 3 atom stereocenters. The maximum absolute atomic E-state index is 11.6. The van der Waals surface area contributed by atoms with Crippen LogP contribution >= 0.6 is 0 Å². The van der Waals surface area contributed by atoms with E-state index in [0.29, 0.717) is 6.54 Å². The minimum absolute atomic E-state index is 0.0708. The van der Waals surface area contributed by atoms with Crippen molar-refractivity contribution >= 4 is 5.97 Å². The van der Waals surface area contributed by atoms with Crippen molar-refractivity contribution in [3.05, 3.63) is 29.8 Å². The lowest BCUT2D eigenvalue weighted by Crippen LogP contribution is -2.45. The lowest BCUT2D eigenvalue weighted by molar-refractivity contribution is -0.154. The second kappa shape index (κ2) is 6.72. The first-order valence-electron chi connectivity index (χ1n) is 6.78. The monoisotopic (exact) mass is 279 g/mol. The lowest BCUT2D eigenvalue weighted by Gasteiger charge is -2.35. The number of piperidine rings is 1. The molecule has 2 rings (SSSR count). The van der Waals surface area contributed by atoms with Crippen molar-refractivity contribution in [3.8, 4) is 5.75 Å². The predicted octanol–water partition coefficient (Wildman–Crippen LogP) is 0.922. The van der Waals surface area contributed by atoms with Crippen LogP contribution in [0, 0.1) is 5.92 Å². The Morgan fingerprint density at radius 3 is 2.85 bits per heavy atom. The normalized spacial score (nSPS) is 23.9. The number of carbonyl (C=O) groups is 1. The molecule has 5 nitrogen and oxygen atoms in total. The van der Waals surface area contributed by atoms with Crippen LogP contribution < -0.4 is 10.1 Å². The van der Waals surface area contributed by atoms with Crippen LogP contribution in [-0.2, 0) is 9.53 Å². The van der Waals surface area contributed by atoms with E-state index in [9.17, 15) is 9.90 Å². The summed E-state index contributed by atoms with van der Waals surface area (Å²) in [7, 11) is 2.92. The smallest absolute Gasteiger partial charge is 0.335 e. The molecule has 1 saturated heterocycles. The summed E-state index contributed by atoms with van der Waals surface area (Å²) >= 11 is 0. The number of hydrogen-bond acceptors (Lipinski definition) is 5. The van der Waals surface area contributed by atoms with Gasteiger partial charge in [0.2, 0.25) is 0 Å². The van der Waals surface area contributed by atoms with Crippen LogP contribution in [0.2, 0.25) is 0 Å². The number of benzene rings is 1. The first-order valence-corrected chi connectivity index (χ1v) is 6.78. The number of aliphatic hydroxyl groups is 1. The fourth-order valence-corrected chi connectivity index (χ4v) is 2.87. The number of para-hydroxylation sites is 1. The minimum atomic E-state index is -1.12. The first kappa shape index (κ1) is 14.8. The van der Waals surface area contributed by atoms with Crippen LogP contribution in [0.1, 0.15) is 17.9 Å². The summed E-state index contributed by atoms with van der Waals surface area (Å²) in [6.45, 7) is 1.44. The van der Waals surface area contributed by atoms with Gasteiger partial charge in [-0.05, 0) is 30.5 Å². The molecule has 1 aromatic rings. The van der Waals surface area contributed by atoms with Gasteiger partial charge in [-0.1, -0.05) is 18.2 Å². The maximum Gasteiger partial charge on any atom is 0.335 e. The van der Waals surface area contributed by atoms with Gasteiger partial charge in [-0.25, -0.2) is 4.79 Å². The lowest BCUT2D eigenvalue weighted by atomic mass is 9.78. The summed E-state index contributed by atoms with van der Waals surface area (Å²) in [6.07, 6.45) is -0.276. The highest BCUT2D eigenvalue weighted by molar-refractivity contribution is 5.74. The molecule has 110 valence electrons. The molecule has 0 aromatic heterocycles. The Kier molecular flexibility index (Phi) is 4.98. The Balaban J connectivity index is 2.29. The van der Waals surface area contributed by atoms with Gasteiger partial charge in [-0.2, -0.15) is 0 Å². The molecule has 3 unspecified atom stereocenters. The second-order valence-electron chi connectivity index (χ2n) is 4.97. The Morgan fingerprint density at radius 2 is 2.15 bits per heavy atom. The van der Waals surface area contributed by atoms with Crippen molar-refractivity contribution in [2.45, 2.75) is 18.4 Å². The molecule has 1 fully saturated rings. The van der Waals surface area contributed by atoms with Gasteiger partial charge in [0.1, 0.15) is 5.75 Å². The predicted molar refractivity (Wildman–Crippen MR) is 74.7 cm³/mol. The summed E-state index contributed by atoms with van der Waals surface area (Å²) in [4.78, 5) is 11.6. The molecule has 0 aliphatic carbocycles. The molecular formula is C15H21NO4. The summed E-state index contributed by atoms with van der Waals surface area (Å²) in [5, 5.41) is 13.4. The summed E-state index contributed by atoms with van der Waals surface area (Å²) in [5.41, 5.74) is 1.03. The Bertz CT molecular complexity index is 463. The van der Waals surface area contributed by atoms with E-state index in [1.54, 1.807) is 7.11 Å². The average molecular weight is 279 g/mol. The molecule has 5 heteroatoms. The molecule has 2 N–H and O–H groups in total. The number of ether oxygens (including phenoxy) is 2. The van der Waals surface area contributed by atoms with E-state index in [4.69, 9.17) is 4.74 Å². The van der Waals surface area contributed by atoms with E-state index in [0.717, 1.165) is 24.3 Å². The standard InChI is InChI=1S/C15H21NO4/c1-19-13-6-4-3-5-11(13)10-7-8-16-9-12(10)14(17)15(18)20-2/h3-6,10,12,14,16-17H,7-9H2,1-2H3. The molecule has 0 radical (unpaired) electrons. The van der Waals surface area contributed by atoms with Crippen LogP contribution in [0.4, 0.5) is 0 Å². The molecule has 1 aliphatic rings. The van der Waals surface area contributed by atoms with Crippen molar-refractivity contribution in [3.63, 3.8) is 0 Å². The molecule has 1 aromatic carbocycles. The van der Waals surface area contributed by atoms with E-state index in [2.05, 4.69) is 10.1 Å². The van der Waals surface area contributed by atoms with Gasteiger partial charge in [0.15, 0.2) is 6.10 Å². The van der Waals surface area contributed by atoms with Crippen LogP contribution in [-0.4, -0.2) is 44.5 Å². The fraction of sp³-hybridized carbons (Fsp3) is 0.533. The highest BCUT2D eigenvalue weighted by Crippen LogP contribution is 2.37. The van der Waals surface area contributed by atoms with E-state index < -0.39 is 12.1 Å². The number of nitrogens with one attached hydrogen (secondary N) is 1. The van der Waals surface area contributed by atoms with Crippen LogP contribution in [0.3, 0.4) is 0 Å². The van der Waals surface area contributed by atoms with Gasteiger partial charge in [0.25, 0.3) is 0 Å². The third-order valence-corrected chi connectivity index (χ3v) is 3.92. The number of rotatable bonds is 4. The zero-order valence-corrected chi connectivity index (χ0v) is 11.8. The summed E-state index contributed by atoms with van der Waals surface area (Å²) in [5.74, 6) is 0.0639. The minimum Gasteiger partial charge on any atom is -0.496 e. The van der Waals surface area contributed by atoms with E-state index >= 15 is 0 Å². The Morgan fingerprint density at radius 1 is 1.40 bits per heavy atom. The van der Waals surface area contributed by atoms with Crippen molar-refractivity contribution in [1.82, 2.24) is 5.32 Å². The molecule has 1 aliphatic heterocycles. The molecule has 0 saturated carbocycles. The number of aliphatic hydroxyl groups excluding tert-OH is 1. The van der Waals surface area contributed by atoms with E-state index in [1.165, 1.54) is 7.11 Å². The average Bonchev–Trinajstić information content (AvgIpc) is 2.53. The van der Waals surface area contributed by atoms with Crippen LogP contribution in [0.15, 0.2) is 24.3 Å². The largest absolute Gasteiger partial charge is 0.496 e. The third-order valence-electron chi connectivity index (χ3n) is 3.92. The fourth-order valence-electron chi connectivity index (χ4n) is 2.87. The highest BCUT2D eigenvalue weighted by Gasteiger charge is 2.37. The number of methoxy groups -OCH3 is 2. The molecule has 0 amide bonds. The van der Waals surface area contributed by atoms with Gasteiger partial charge in [0.05, 0.1) is 14.2 Å². The third kappa shape index (κ3) is 2.94. The number of carbonyl (C=O) groups excluding carboxylic acids is 1. The van der Waals surface area contributed by atoms with Crippen LogP contribution in [0.5, 0.6) is 5.75 Å². The van der Waals surface area contributed by atoms with Crippen molar-refractivity contribution in [2.24, 2.45) is 5.92 Å². The summed E-state index contributed by atoms with van der Waals surface area (Å²) in [6, 6.07) is 7.75. The number of esters is 1. The molecule has 1 heterocycles. The maximum atomic E-state index is 11.6. The quantitative estimate of drug-likeness (QED) is 0.802. The van der Waals surface area contributed by atoms with E-state index in [1.807, 2.05) is 24.3 Å². The van der Waals surface area contributed by atoms with Crippen molar-refractivity contribution in [1.29, 1.82) is 0 Å². The van der Waals surface area contributed by atoms with Gasteiger partial charge < -0.3 is 19.9 Å². The number of hydrogen-bond donors (Lipinski definition) is 2. The molecule has 0 spiro atoms. The van der Waals surface area contributed by atoms with Gasteiger partial charge >= 0.3 is 5.97 Å². The zero-order chi connectivity index (χ0) is 14.5. The van der Waals surface area contributed by atoms with Gasteiger partial charge in [-0.15, -0.1) is 0 Å². The molecule has 20 heavy (non-hydrogen) atoms. The van der Waals surface area contributed by atoms with Crippen molar-refractivity contribution < 1.29 is 19.4 Å². The van der Waals surface area contributed by atoms with Gasteiger partial charge in [0, 0.05) is 12.5 Å². The first-order chi connectivity index (χ1) is 9.69. The van der Waals surface area contributed by atoms with Crippen LogP contribution in [0.25, 0.3) is 0 Å². The SMILES string of the molecule is COC(=O)C(O)C1CNCCC1c1ccccc1OC. The van der Waals surface area contributed by atoms with Gasteiger partial charge in [-0.3, -0.25) is 0 Å². The Hall–Kier alpha value is -1.59. The zero-order valence-electron chi connectivity index (χ0n) is 11.8.